The van der Waals surface area contributed by atoms with E-state index in [-0.39, 0.29) is 12.4 Å². The van der Waals surface area contributed by atoms with Crippen LogP contribution in [-0.4, -0.2) is 24.4 Å². The molecule has 0 aromatic carbocycles. The van der Waals surface area contributed by atoms with Crippen LogP contribution in [-0.2, 0) is 9.53 Å². The maximum absolute atomic E-state index is 10.6. The minimum atomic E-state index is -0.670. The monoisotopic (exact) mass is 159 g/mol. The van der Waals surface area contributed by atoms with Gasteiger partial charge in [0.1, 0.15) is 6.04 Å². The molecular formula is C6H9NO2S. The lowest BCUT2D eigenvalue weighted by Crippen LogP contribution is -2.33. The number of carbonyl (C=O) groups excluding carboxylic acids is 1. The van der Waals surface area contributed by atoms with Crippen molar-refractivity contribution in [2.24, 2.45) is 5.73 Å². The lowest BCUT2D eigenvalue weighted by atomic mass is 10.4. The second-order valence-electron chi connectivity index (χ2n) is 1.60. The molecule has 4 heteroatoms. The molecule has 0 radical (unpaired) electrons. The van der Waals surface area contributed by atoms with E-state index in [1.165, 1.54) is 0 Å². The topological polar surface area (TPSA) is 52.3 Å². The van der Waals surface area contributed by atoms with Gasteiger partial charge in [0.2, 0.25) is 0 Å². The molecule has 56 valence electrons. The fraction of sp³-hybridized carbons (Fsp3) is 0.500. The van der Waals surface area contributed by atoms with Crippen LogP contribution < -0.4 is 5.73 Å². The van der Waals surface area contributed by atoms with Gasteiger partial charge in [-0.05, 0) is 0 Å². The van der Waals surface area contributed by atoms with Crippen molar-refractivity contribution >= 4 is 18.6 Å². The van der Waals surface area contributed by atoms with E-state index in [1.54, 1.807) is 0 Å². The number of rotatable bonds is 3. The summed E-state index contributed by atoms with van der Waals surface area (Å²) in [6, 6.07) is -0.670. The van der Waals surface area contributed by atoms with Gasteiger partial charge in [0.15, 0.2) is 6.61 Å². The van der Waals surface area contributed by atoms with Crippen LogP contribution in [0.5, 0.6) is 0 Å². The molecule has 0 bridgehead atoms. The van der Waals surface area contributed by atoms with Gasteiger partial charge in [-0.1, -0.05) is 5.92 Å². The Bertz CT molecular complexity index is 152. The van der Waals surface area contributed by atoms with Crippen LogP contribution in [0.4, 0.5) is 0 Å². The van der Waals surface area contributed by atoms with E-state index >= 15 is 0 Å². The highest BCUT2D eigenvalue weighted by atomic mass is 32.1. The molecule has 10 heavy (non-hydrogen) atoms. The van der Waals surface area contributed by atoms with Gasteiger partial charge in [-0.25, -0.2) is 0 Å². The first-order valence-electron chi connectivity index (χ1n) is 2.69. The number of thiol groups is 1. The first kappa shape index (κ1) is 9.34. The molecule has 0 amide bonds. The molecular weight excluding hydrogens is 150 g/mol. The zero-order chi connectivity index (χ0) is 7.98. The van der Waals surface area contributed by atoms with Crippen LogP contribution in [0.15, 0.2) is 0 Å². The van der Waals surface area contributed by atoms with Gasteiger partial charge in [-0.3, -0.25) is 4.79 Å². The van der Waals surface area contributed by atoms with E-state index in [4.69, 9.17) is 12.2 Å². The van der Waals surface area contributed by atoms with Crippen molar-refractivity contribution in [2.75, 3.05) is 12.4 Å². The quantitative estimate of drug-likeness (QED) is 0.329. The summed E-state index contributed by atoms with van der Waals surface area (Å²) in [5.41, 5.74) is 5.24. The van der Waals surface area contributed by atoms with Gasteiger partial charge in [0.05, 0.1) is 0 Å². The zero-order valence-electron chi connectivity index (χ0n) is 5.41. The molecule has 0 aliphatic carbocycles. The third-order valence-electron chi connectivity index (χ3n) is 0.797. The highest BCUT2D eigenvalue weighted by molar-refractivity contribution is 7.80. The van der Waals surface area contributed by atoms with Crippen molar-refractivity contribution in [2.45, 2.75) is 6.04 Å². The summed E-state index contributed by atoms with van der Waals surface area (Å²) < 4.78 is 4.49. The highest BCUT2D eigenvalue weighted by Gasteiger charge is 2.11. The molecule has 2 N–H and O–H groups in total. The second kappa shape index (κ2) is 5.15. The molecule has 0 aromatic rings. The zero-order valence-corrected chi connectivity index (χ0v) is 6.30. The lowest BCUT2D eigenvalue weighted by Gasteiger charge is -2.05. The largest absolute Gasteiger partial charge is 0.451 e. The first-order chi connectivity index (χ1) is 4.72. The summed E-state index contributed by atoms with van der Waals surface area (Å²) in [6.07, 6.45) is 4.83. The Morgan fingerprint density at radius 1 is 1.90 bits per heavy atom. The molecule has 3 nitrogen and oxygen atoms in total. The Kier molecular flexibility index (Phi) is 4.81. The number of nitrogens with two attached hydrogens (primary N) is 1. The average Bonchev–Trinajstić information content (AvgIpc) is 1.98. The molecule has 0 aliphatic rings. The third kappa shape index (κ3) is 3.38. The second-order valence-corrected chi connectivity index (χ2v) is 1.97. The summed E-state index contributed by atoms with van der Waals surface area (Å²) >= 11 is 3.80. The average molecular weight is 159 g/mol. The fourth-order valence-electron chi connectivity index (χ4n) is 0.294. The van der Waals surface area contributed by atoms with Gasteiger partial charge in [-0.15, -0.1) is 6.42 Å². The molecule has 0 unspecified atom stereocenters. The standard InChI is InChI=1S/C6H9NO2S/c1-2-3-9-6(8)5(7)4-10/h1,5,10H,3-4,7H2/t5-/m1/s1. The van der Waals surface area contributed by atoms with E-state index in [0.29, 0.717) is 0 Å². The van der Waals surface area contributed by atoms with Crippen LogP contribution in [0.2, 0.25) is 0 Å². The minimum Gasteiger partial charge on any atom is -0.451 e. The lowest BCUT2D eigenvalue weighted by molar-refractivity contribution is -0.143. The van der Waals surface area contributed by atoms with Gasteiger partial charge >= 0.3 is 5.97 Å². The van der Waals surface area contributed by atoms with Crippen molar-refractivity contribution in [1.82, 2.24) is 0 Å². The number of terminal acetylenes is 1. The molecule has 0 aliphatic heterocycles. The van der Waals surface area contributed by atoms with E-state index in [1.807, 2.05) is 0 Å². The molecule has 1 atom stereocenters. The number of ether oxygens (including phenoxy) is 1. The van der Waals surface area contributed by atoms with Crippen LogP contribution in [0.25, 0.3) is 0 Å². The van der Waals surface area contributed by atoms with Crippen molar-refractivity contribution in [3.63, 3.8) is 0 Å². The van der Waals surface area contributed by atoms with E-state index in [9.17, 15) is 4.79 Å². The van der Waals surface area contributed by atoms with E-state index in [0.717, 1.165) is 0 Å². The summed E-state index contributed by atoms with van der Waals surface area (Å²) in [4.78, 5) is 10.6. The number of carbonyl (C=O) groups is 1. The molecule has 0 rings (SSSR count). The summed E-state index contributed by atoms with van der Waals surface area (Å²) in [7, 11) is 0. The smallest absolute Gasteiger partial charge is 0.324 e. The first-order valence-corrected chi connectivity index (χ1v) is 3.32. The fourth-order valence-corrected chi connectivity index (χ4v) is 0.443. The van der Waals surface area contributed by atoms with Crippen molar-refractivity contribution in [3.8, 4) is 12.3 Å². The molecule has 0 heterocycles. The Morgan fingerprint density at radius 2 is 2.50 bits per heavy atom. The Hall–Kier alpha value is -0.660. The molecule has 0 aromatic heterocycles. The molecule has 0 fully saturated rings. The van der Waals surface area contributed by atoms with Gasteiger partial charge in [0, 0.05) is 5.75 Å². The highest BCUT2D eigenvalue weighted by Crippen LogP contribution is 1.87. The van der Waals surface area contributed by atoms with Gasteiger partial charge in [0.25, 0.3) is 0 Å². The SMILES string of the molecule is C#CCOC(=O)[C@H](N)CS. The minimum absolute atomic E-state index is 0.0275. The predicted octanol–water partition coefficient (Wildman–Crippen LogP) is -0.580. The van der Waals surface area contributed by atoms with Crippen LogP contribution in [0, 0.1) is 12.3 Å². The van der Waals surface area contributed by atoms with Gasteiger partial charge < -0.3 is 10.5 Å². The Morgan fingerprint density at radius 3 is 2.90 bits per heavy atom. The number of hydrogen-bond acceptors (Lipinski definition) is 4. The molecule has 0 spiro atoms. The predicted molar refractivity (Wildman–Crippen MR) is 41.6 cm³/mol. The number of esters is 1. The Balaban J connectivity index is 3.54. The summed E-state index contributed by atoms with van der Waals surface area (Å²) in [6.45, 7) is -0.0275. The maximum Gasteiger partial charge on any atom is 0.324 e. The van der Waals surface area contributed by atoms with E-state index < -0.39 is 12.0 Å². The Labute approximate surface area is 65.3 Å². The van der Waals surface area contributed by atoms with Crippen molar-refractivity contribution in [1.29, 1.82) is 0 Å². The van der Waals surface area contributed by atoms with Gasteiger partial charge in [-0.2, -0.15) is 12.6 Å². The van der Waals surface area contributed by atoms with E-state index in [2.05, 4.69) is 23.3 Å². The van der Waals surface area contributed by atoms with Crippen molar-refractivity contribution in [3.05, 3.63) is 0 Å². The van der Waals surface area contributed by atoms with Crippen molar-refractivity contribution < 1.29 is 9.53 Å². The third-order valence-corrected chi connectivity index (χ3v) is 1.19. The normalized spacial score (nSPS) is 11.7. The van der Waals surface area contributed by atoms with Crippen LogP contribution in [0.1, 0.15) is 0 Å². The molecule has 0 saturated carbocycles. The summed E-state index contributed by atoms with van der Waals surface area (Å²) in [5, 5.41) is 0. The maximum atomic E-state index is 10.6. The van der Waals surface area contributed by atoms with Crippen LogP contribution in [0.3, 0.4) is 0 Å². The van der Waals surface area contributed by atoms with Crippen LogP contribution >= 0.6 is 12.6 Å². The number of hydrogen-bond donors (Lipinski definition) is 2. The molecule has 0 saturated heterocycles. The summed E-state index contributed by atoms with van der Waals surface area (Å²) in [5.74, 6) is 1.91.